The number of aryl methyl sites for hydroxylation is 3. The highest BCUT2D eigenvalue weighted by atomic mass is 14.7. The summed E-state index contributed by atoms with van der Waals surface area (Å²) in [4.78, 5) is 8.68. The molecule has 2 nitrogen and oxygen atoms in total. The second kappa shape index (κ2) is 4.44. The van der Waals surface area contributed by atoms with Crippen LogP contribution in [0.25, 0.3) is 0 Å². The summed E-state index contributed by atoms with van der Waals surface area (Å²) in [5.41, 5.74) is 5.91. The number of aromatic nitrogens is 2. The Hall–Kier alpha value is -1.70. The third-order valence-corrected chi connectivity index (χ3v) is 2.66. The van der Waals surface area contributed by atoms with Gasteiger partial charge in [0, 0.05) is 30.2 Å². The van der Waals surface area contributed by atoms with Crippen LogP contribution in [-0.4, -0.2) is 9.97 Å². The first-order valence-electron chi connectivity index (χ1n) is 5.49. The molecule has 0 saturated heterocycles. The molecule has 0 N–H and O–H groups in total. The number of hydrogen-bond donors (Lipinski definition) is 0. The molecule has 0 atom stereocenters. The molecular weight excluding hydrogens is 196 g/mol. The molecule has 0 aliphatic carbocycles. The van der Waals surface area contributed by atoms with Gasteiger partial charge in [0.2, 0.25) is 0 Å². The topological polar surface area (TPSA) is 25.8 Å². The predicted octanol–water partition coefficient (Wildman–Crippen LogP) is 2.99. The second-order valence-corrected chi connectivity index (χ2v) is 4.24. The van der Waals surface area contributed by atoms with Crippen LogP contribution in [0.1, 0.15) is 28.1 Å². The van der Waals surface area contributed by atoms with E-state index in [0.29, 0.717) is 0 Å². The summed E-state index contributed by atoms with van der Waals surface area (Å²) in [6, 6.07) is 6.39. The largest absolute Gasteiger partial charge is 0.264 e. The average Bonchev–Trinajstić information content (AvgIpc) is 2.22. The summed E-state index contributed by atoms with van der Waals surface area (Å²) < 4.78 is 0. The van der Waals surface area contributed by atoms with E-state index < -0.39 is 0 Å². The number of rotatable bonds is 2. The van der Waals surface area contributed by atoms with Crippen molar-refractivity contribution in [1.29, 1.82) is 0 Å². The normalized spacial score (nSPS) is 10.4. The van der Waals surface area contributed by atoms with Gasteiger partial charge >= 0.3 is 0 Å². The summed E-state index contributed by atoms with van der Waals surface area (Å²) in [5.74, 6) is 0. The molecule has 0 bridgehead atoms. The van der Waals surface area contributed by atoms with Crippen molar-refractivity contribution < 1.29 is 0 Å². The number of pyridine rings is 2. The standard InChI is InChI=1S/C14H16N2/c1-10-6-13(9-15-8-10)7-14-5-4-11(2)16-12(14)3/h4-6,8-9H,7H2,1-3H3. The molecule has 82 valence electrons. The van der Waals surface area contributed by atoms with Crippen LogP contribution in [0.15, 0.2) is 30.6 Å². The van der Waals surface area contributed by atoms with Crippen LogP contribution >= 0.6 is 0 Å². The van der Waals surface area contributed by atoms with Crippen molar-refractivity contribution in [3.8, 4) is 0 Å². The molecule has 2 heterocycles. The highest BCUT2D eigenvalue weighted by molar-refractivity contribution is 5.29. The minimum Gasteiger partial charge on any atom is -0.264 e. The lowest BCUT2D eigenvalue weighted by molar-refractivity contribution is 1.03. The lowest BCUT2D eigenvalue weighted by Crippen LogP contribution is -1.96. The van der Waals surface area contributed by atoms with E-state index in [-0.39, 0.29) is 0 Å². The Bertz CT molecular complexity index is 504. The maximum atomic E-state index is 4.47. The SMILES string of the molecule is Cc1cncc(Cc2ccc(C)nc2C)c1. The quantitative estimate of drug-likeness (QED) is 0.764. The highest BCUT2D eigenvalue weighted by Crippen LogP contribution is 2.13. The van der Waals surface area contributed by atoms with Crippen LogP contribution in [-0.2, 0) is 6.42 Å². The maximum Gasteiger partial charge on any atom is 0.0411 e. The molecule has 0 aliphatic heterocycles. The van der Waals surface area contributed by atoms with E-state index >= 15 is 0 Å². The smallest absolute Gasteiger partial charge is 0.0411 e. The zero-order chi connectivity index (χ0) is 11.5. The molecule has 0 amide bonds. The Morgan fingerprint density at radius 2 is 1.88 bits per heavy atom. The van der Waals surface area contributed by atoms with Gasteiger partial charge in [0.05, 0.1) is 0 Å². The van der Waals surface area contributed by atoms with Crippen molar-refractivity contribution in [2.75, 3.05) is 0 Å². The minimum atomic E-state index is 0.911. The van der Waals surface area contributed by atoms with E-state index in [1.54, 1.807) is 0 Å². The Labute approximate surface area is 96.4 Å². The maximum absolute atomic E-state index is 4.47. The fourth-order valence-corrected chi connectivity index (χ4v) is 1.84. The van der Waals surface area contributed by atoms with Gasteiger partial charge in [-0.2, -0.15) is 0 Å². The van der Waals surface area contributed by atoms with Gasteiger partial charge in [-0.3, -0.25) is 9.97 Å². The van der Waals surface area contributed by atoms with Gasteiger partial charge in [-0.1, -0.05) is 12.1 Å². The van der Waals surface area contributed by atoms with Crippen molar-refractivity contribution in [3.63, 3.8) is 0 Å². The van der Waals surface area contributed by atoms with Gasteiger partial charge in [-0.25, -0.2) is 0 Å². The number of nitrogens with zero attached hydrogens (tertiary/aromatic N) is 2. The van der Waals surface area contributed by atoms with Crippen LogP contribution in [0, 0.1) is 20.8 Å². The van der Waals surface area contributed by atoms with Gasteiger partial charge in [-0.05, 0) is 43.5 Å². The summed E-state index contributed by atoms with van der Waals surface area (Å²) in [6.07, 6.45) is 4.71. The minimum absolute atomic E-state index is 0.911. The van der Waals surface area contributed by atoms with E-state index in [9.17, 15) is 0 Å². The van der Waals surface area contributed by atoms with Crippen LogP contribution in [0.3, 0.4) is 0 Å². The summed E-state index contributed by atoms with van der Waals surface area (Å²) in [6.45, 7) is 6.15. The Balaban J connectivity index is 2.27. The molecule has 2 heteroatoms. The summed E-state index contributed by atoms with van der Waals surface area (Å²) >= 11 is 0. The van der Waals surface area contributed by atoms with Crippen molar-refractivity contribution in [1.82, 2.24) is 9.97 Å². The Morgan fingerprint density at radius 1 is 1.06 bits per heavy atom. The van der Waals surface area contributed by atoms with Crippen molar-refractivity contribution in [2.24, 2.45) is 0 Å². The lowest BCUT2D eigenvalue weighted by Gasteiger charge is -2.06. The molecule has 0 radical (unpaired) electrons. The summed E-state index contributed by atoms with van der Waals surface area (Å²) in [7, 11) is 0. The second-order valence-electron chi connectivity index (χ2n) is 4.24. The average molecular weight is 212 g/mol. The fraction of sp³-hybridized carbons (Fsp3) is 0.286. The molecule has 0 aliphatic rings. The van der Waals surface area contributed by atoms with Crippen LogP contribution in [0.5, 0.6) is 0 Å². The van der Waals surface area contributed by atoms with Crippen molar-refractivity contribution >= 4 is 0 Å². The highest BCUT2D eigenvalue weighted by Gasteiger charge is 2.02. The molecule has 2 aromatic rings. The zero-order valence-electron chi connectivity index (χ0n) is 9.99. The van der Waals surface area contributed by atoms with Crippen LogP contribution in [0.2, 0.25) is 0 Å². The lowest BCUT2D eigenvalue weighted by atomic mass is 10.0. The van der Waals surface area contributed by atoms with Crippen LogP contribution in [0.4, 0.5) is 0 Å². The van der Waals surface area contributed by atoms with E-state index in [2.05, 4.69) is 42.0 Å². The molecule has 0 spiro atoms. The predicted molar refractivity (Wildman–Crippen MR) is 65.5 cm³/mol. The molecule has 2 rings (SSSR count). The van der Waals surface area contributed by atoms with Gasteiger partial charge < -0.3 is 0 Å². The molecule has 0 unspecified atom stereocenters. The first-order chi connectivity index (χ1) is 7.65. The molecular formula is C14H16N2. The van der Waals surface area contributed by atoms with E-state index in [4.69, 9.17) is 0 Å². The van der Waals surface area contributed by atoms with Crippen molar-refractivity contribution in [3.05, 3.63) is 58.7 Å². The number of hydrogen-bond acceptors (Lipinski definition) is 2. The summed E-state index contributed by atoms with van der Waals surface area (Å²) in [5, 5.41) is 0. The van der Waals surface area contributed by atoms with Crippen molar-refractivity contribution in [2.45, 2.75) is 27.2 Å². The molecule has 2 aromatic heterocycles. The van der Waals surface area contributed by atoms with E-state index in [1.807, 2.05) is 19.3 Å². The van der Waals surface area contributed by atoms with Gasteiger partial charge in [0.15, 0.2) is 0 Å². The van der Waals surface area contributed by atoms with E-state index in [0.717, 1.165) is 17.8 Å². The van der Waals surface area contributed by atoms with Gasteiger partial charge in [0.25, 0.3) is 0 Å². The Morgan fingerprint density at radius 3 is 2.56 bits per heavy atom. The van der Waals surface area contributed by atoms with Gasteiger partial charge in [-0.15, -0.1) is 0 Å². The van der Waals surface area contributed by atoms with Gasteiger partial charge in [0.1, 0.15) is 0 Å². The van der Waals surface area contributed by atoms with Crippen LogP contribution < -0.4 is 0 Å². The fourth-order valence-electron chi connectivity index (χ4n) is 1.84. The molecule has 0 fully saturated rings. The first kappa shape index (κ1) is 10.8. The van der Waals surface area contributed by atoms with E-state index in [1.165, 1.54) is 16.7 Å². The molecule has 0 saturated carbocycles. The third-order valence-electron chi connectivity index (χ3n) is 2.66. The first-order valence-corrected chi connectivity index (χ1v) is 5.49. The monoisotopic (exact) mass is 212 g/mol. The third kappa shape index (κ3) is 2.45. The molecule has 16 heavy (non-hydrogen) atoms. The zero-order valence-corrected chi connectivity index (χ0v) is 9.99. The Kier molecular flexibility index (Phi) is 3.00. The molecule has 0 aromatic carbocycles.